The Kier molecular flexibility index (Phi) is 7.30. The molecule has 0 spiro atoms. The molecule has 1 fully saturated rings. The average molecular weight is 430 g/mol. The van der Waals surface area contributed by atoms with Crippen molar-refractivity contribution in [3.8, 4) is 0 Å². The molecule has 0 aliphatic heterocycles. The summed E-state index contributed by atoms with van der Waals surface area (Å²) in [7, 11) is 2.21. The van der Waals surface area contributed by atoms with Gasteiger partial charge in [-0.1, -0.05) is 49.6 Å². The Balaban J connectivity index is 1.57. The number of halogens is 1. The maximum atomic E-state index is 12.3. The maximum Gasteiger partial charge on any atom is 0.243 e. The van der Waals surface area contributed by atoms with Crippen LogP contribution in [0, 0.1) is 0 Å². The van der Waals surface area contributed by atoms with E-state index in [4.69, 9.17) is 0 Å². The molecule has 4 nitrogen and oxygen atoms in total. The minimum atomic E-state index is -0.0580. The van der Waals surface area contributed by atoms with Gasteiger partial charge >= 0.3 is 0 Å². The number of carbonyl (C=O) groups is 1. The van der Waals surface area contributed by atoms with Crippen LogP contribution in [0.1, 0.15) is 37.7 Å². The van der Waals surface area contributed by atoms with Crippen molar-refractivity contribution in [3.63, 3.8) is 0 Å². The van der Waals surface area contributed by atoms with E-state index in [1.54, 1.807) is 0 Å². The van der Waals surface area contributed by atoms with Gasteiger partial charge in [-0.25, -0.2) is 0 Å². The lowest BCUT2D eigenvalue weighted by Crippen LogP contribution is -2.33. The van der Waals surface area contributed by atoms with Crippen molar-refractivity contribution < 1.29 is 4.79 Å². The molecule has 3 rings (SSSR count). The van der Waals surface area contributed by atoms with Crippen molar-refractivity contribution in [3.05, 3.63) is 58.6 Å². The number of hydrogen-bond donors (Lipinski definition) is 2. The van der Waals surface area contributed by atoms with E-state index >= 15 is 0 Å². The van der Waals surface area contributed by atoms with Crippen LogP contribution in [0.5, 0.6) is 0 Å². The van der Waals surface area contributed by atoms with Gasteiger partial charge in [-0.15, -0.1) is 0 Å². The minimum absolute atomic E-state index is 0.0580. The molecule has 27 heavy (non-hydrogen) atoms. The number of carbonyl (C=O) groups excluding carboxylic acids is 1. The quantitative estimate of drug-likeness (QED) is 0.630. The topological polar surface area (TPSA) is 44.4 Å². The van der Waals surface area contributed by atoms with Gasteiger partial charge in [0, 0.05) is 22.7 Å². The predicted molar refractivity (Wildman–Crippen MR) is 116 cm³/mol. The van der Waals surface area contributed by atoms with Crippen molar-refractivity contribution in [2.24, 2.45) is 0 Å². The SMILES string of the molecule is CN(Cc1ccccc1NCC(=O)Nc1ccccc1Br)C1CCCCC1. The van der Waals surface area contributed by atoms with E-state index in [2.05, 4.69) is 56.7 Å². The third-order valence-corrected chi connectivity index (χ3v) is 5.91. The highest BCUT2D eigenvalue weighted by atomic mass is 79.9. The summed E-state index contributed by atoms with van der Waals surface area (Å²) in [5.41, 5.74) is 3.05. The van der Waals surface area contributed by atoms with Crippen LogP contribution in [0.2, 0.25) is 0 Å². The standard InChI is InChI=1S/C22H28BrN3O/c1-26(18-10-3-2-4-11-18)16-17-9-5-7-13-20(17)24-15-22(27)25-21-14-8-6-12-19(21)23/h5-9,12-14,18,24H,2-4,10-11,15-16H2,1H3,(H,25,27). The fourth-order valence-corrected chi connectivity index (χ4v) is 4.07. The fourth-order valence-electron chi connectivity index (χ4n) is 3.68. The Bertz CT molecular complexity index is 759. The summed E-state index contributed by atoms with van der Waals surface area (Å²) in [5.74, 6) is -0.0580. The molecule has 1 aliphatic rings. The van der Waals surface area contributed by atoms with Crippen molar-refractivity contribution in [1.82, 2.24) is 4.90 Å². The van der Waals surface area contributed by atoms with Crippen LogP contribution < -0.4 is 10.6 Å². The molecule has 0 heterocycles. The van der Waals surface area contributed by atoms with Crippen LogP contribution in [-0.2, 0) is 11.3 Å². The summed E-state index contributed by atoms with van der Waals surface area (Å²) >= 11 is 3.46. The van der Waals surface area contributed by atoms with E-state index in [1.807, 2.05) is 30.3 Å². The average Bonchev–Trinajstić information content (AvgIpc) is 2.70. The van der Waals surface area contributed by atoms with Crippen molar-refractivity contribution >= 4 is 33.2 Å². The van der Waals surface area contributed by atoms with Gasteiger partial charge in [0.1, 0.15) is 0 Å². The third-order valence-electron chi connectivity index (χ3n) is 5.22. The second-order valence-corrected chi connectivity index (χ2v) is 8.10. The summed E-state index contributed by atoms with van der Waals surface area (Å²) in [5, 5.41) is 6.24. The zero-order valence-corrected chi connectivity index (χ0v) is 17.5. The Morgan fingerprint density at radius 3 is 2.44 bits per heavy atom. The van der Waals surface area contributed by atoms with Gasteiger partial charge in [0.25, 0.3) is 0 Å². The first kappa shape index (κ1) is 19.9. The predicted octanol–water partition coefficient (Wildman–Crippen LogP) is 5.26. The monoisotopic (exact) mass is 429 g/mol. The number of para-hydroxylation sites is 2. The number of anilines is 2. The zero-order valence-electron chi connectivity index (χ0n) is 15.9. The van der Waals surface area contributed by atoms with Crippen molar-refractivity contribution in [1.29, 1.82) is 0 Å². The smallest absolute Gasteiger partial charge is 0.243 e. The third kappa shape index (κ3) is 5.81. The number of nitrogens with one attached hydrogen (secondary N) is 2. The van der Waals surface area contributed by atoms with Gasteiger partial charge in [-0.2, -0.15) is 0 Å². The molecular formula is C22H28BrN3O. The number of benzene rings is 2. The van der Waals surface area contributed by atoms with Crippen LogP contribution in [0.3, 0.4) is 0 Å². The van der Waals surface area contributed by atoms with Crippen LogP contribution in [0.4, 0.5) is 11.4 Å². The van der Waals surface area contributed by atoms with Gasteiger partial charge in [0.05, 0.1) is 12.2 Å². The number of nitrogens with zero attached hydrogens (tertiary/aromatic N) is 1. The summed E-state index contributed by atoms with van der Waals surface area (Å²) in [6.07, 6.45) is 6.63. The van der Waals surface area contributed by atoms with E-state index in [9.17, 15) is 4.79 Å². The molecule has 0 radical (unpaired) electrons. The van der Waals surface area contributed by atoms with Gasteiger partial charge in [0.2, 0.25) is 5.91 Å². The van der Waals surface area contributed by atoms with Crippen LogP contribution in [0.15, 0.2) is 53.0 Å². The molecule has 0 saturated heterocycles. The molecule has 1 saturated carbocycles. The van der Waals surface area contributed by atoms with E-state index in [0.717, 1.165) is 22.4 Å². The Hall–Kier alpha value is -1.85. The molecule has 0 bridgehead atoms. The molecule has 1 aliphatic carbocycles. The second kappa shape index (κ2) is 9.90. The van der Waals surface area contributed by atoms with Crippen LogP contribution >= 0.6 is 15.9 Å². The van der Waals surface area contributed by atoms with Gasteiger partial charge in [-0.05, 0) is 59.6 Å². The molecule has 0 unspecified atom stereocenters. The summed E-state index contributed by atoms with van der Waals surface area (Å²) in [6, 6.07) is 16.6. The largest absolute Gasteiger partial charge is 0.376 e. The number of rotatable bonds is 7. The Labute approximate surface area is 170 Å². The Morgan fingerprint density at radius 2 is 1.70 bits per heavy atom. The van der Waals surface area contributed by atoms with Gasteiger partial charge < -0.3 is 10.6 Å². The van der Waals surface area contributed by atoms with Crippen LogP contribution in [0.25, 0.3) is 0 Å². The zero-order chi connectivity index (χ0) is 19.1. The molecule has 2 N–H and O–H groups in total. The molecule has 2 aromatic carbocycles. The highest BCUT2D eigenvalue weighted by Crippen LogP contribution is 2.25. The van der Waals surface area contributed by atoms with E-state index in [-0.39, 0.29) is 12.5 Å². The first-order chi connectivity index (χ1) is 13.1. The van der Waals surface area contributed by atoms with Crippen molar-refractivity contribution in [2.45, 2.75) is 44.7 Å². The number of amides is 1. The summed E-state index contributed by atoms with van der Waals surface area (Å²) < 4.78 is 0.882. The molecule has 0 aromatic heterocycles. The minimum Gasteiger partial charge on any atom is -0.376 e. The van der Waals surface area contributed by atoms with Gasteiger partial charge in [0.15, 0.2) is 0 Å². The van der Waals surface area contributed by atoms with E-state index < -0.39 is 0 Å². The normalized spacial score (nSPS) is 14.9. The lowest BCUT2D eigenvalue weighted by Gasteiger charge is -2.31. The molecule has 2 aromatic rings. The summed E-state index contributed by atoms with van der Waals surface area (Å²) in [6.45, 7) is 1.14. The molecule has 144 valence electrons. The van der Waals surface area contributed by atoms with Crippen LogP contribution in [-0.4, -0.2) is 30.4 Å². The summed E-state index contributed by atoms with van der Waals surface area (Å²) in [4.78, 5) is 14.8. The second-order valence-electron chi connectivity index (χ2n) is 7.25. The van der Waals surface area contributed by atoms with Gasteiger partial charge in [-0.3, -0.25) is 9.69 Å². The highest BCUT2D eigenvalue weighted by molar-refractivity contribution is 9.10. The van der Waals surface area contributed by atoms with E-state index in [1.165, 1.54) is 37.7 Å². The fraction of sp³-hybridized carbons (Fsp3) is 0.409. The lowest BCUT2D eigenvalue weighted by molar-refractivity contribution is -0.114. The first-order valence-electron chi connectivity index (χ1n) is 9.70. The maximum absolute atomic E-state index is 12.3. The Morgan fingerprint density at radius 1 is 1.04 bits per heavy atom. The molecule has 0 atom stereocenters. The first-order valence-corrected chi connectivity index (χ1v) is 10.5. The molecular weight excluding hydrogens is 402 g/mol. The lowest BCUT2D eigenvalue weighted by atomic mass is 9.94. The van der Waals surface area contributed by atoms with E-state index in [0.29, 0.717) is 6.04 Å². The van der Waals surface area contributed by atoms with Crippen molar-refractivity contribution in [2.75, 3.05) is 24.2 Å². The number of hydrogen-bond acceptors (Lipinski definition) is 3. The molecule has 1 amide bonds. The molecule has 5 heteroatoms. The highest BCUT2D eigenvalue weighted by Gasteiger charge is 2.18.